The molecular formula is C21H23NO3S. The van der Waals surface area contributed by atoms with Crippen LogP contribution in [-0.2, 0) is 4.79 Å². The van der Waals surface area contributed by atoms with Crippen LogP contribution < -0.4 is 14.8 Å². The molecule has 0 fully saturated rings. The Balaban J connectivity index is 1.61. The van der Waals surface area contributed by atoms with Gasteiger partial charge in [-0.1, -0.05) is 36.4 Å². The molecule has 1 unspecified atom stereocenters. The summed E-state index contributed by atoms with van der Waals surface area (Å²) in [6.45, 7) is 1.92. The van der Waals surface area contributed by atoms with E-state index in [1.165, 1.54) is 10.5 Å². The molecule has 136 valence electrons. The van der Waals surface area contributed by atoms with Gasteiger partial charge < -0.3 is 14.8 Å². The maximum Gasteiger partial charge on any atom is 0.258 e. The zero-order valence-corrected chi connectivity index (χ0v) is 15.8. The Morgan fingerprint density at radius 1 is 1.27 bits per heavy atom. The minimum Gasteiger partial charge on any atom is -0.493 e. The highest BCUT2D eigenvalue weighted by Gasteiger charge is 2.22. The fourth-order valence-electron chi connectivity index (χ4n) is 2.97. The fourth-order valence-corrected chi connectivity index (χ4v) is 4.10. The first-order chi connectivity index (χ1) is 12.7. The summed E-state index contributed by atoms with van der Waals surface area (Å²) < 4.78 is 11.1. The van der Waals surface area contributed by atoms with Crippen molar-refractivity contribution >= 4 is 23.7 Å². The number of benzene rings is 2. The van der Waals surface area contributed by atoms with Gasteiger partial charge in [0, 0.05) is 10.6 Å². The zero-order valence-electron chi connectivity index (χ0n) is 15.0. The van der Waals surface area contributed by atoms with Gasteiger partial charge in [0.05, 0.1) is 13.2 Å². The molecule has 0 aromatic heterocycles. The zero-order chi connectivity index (χ0) is 18.4. The number of rotatable bonds is 6. The predicted octanol–water partition coefficient (Wildman–Crippen LogP) is 4.46. The lowest BCUT2D eigenvalue weighted by atomic mass is 10.0. The average Bonchev–Trinajstić information content (AvgIpc) is 2.67. The van der Waals surface area contributed by atoms with Crippen LogP contribution in [0.25, 0.3) is 6.08 Å². The molecular weight excluding hydrogens is 346 g/mol. The smallest absolute Gasteiger partial charge is 0.258 e. The van der Waals surface area contributed by atoms with Crippen molar-refractivity contribution in [1.82, 2.24) is 5.32 Å². The third-order valence-corrected chi connectivity index (χ3v) is 5.32. The van der Waals surface area contributed by atoms with Crippen LogP contribution in [0.3, 0.4) is 0 Å². The quantitative estimate of drug-likeness (QED) is 0.817. The second-order valence-corrected chi connectivity index (χ2v) is 7.13. The molecule has 26 heavy (non-hydrogen) atoms. The maximum atomic E-state index is 12.4. The Morgan fingerprint density at radius 3 is 2.92 bits per heavy atom. The van der Waals surface area contributed by atoms with E-state index in [-0.39, 0.29) is 18.6 Å². The Kier molecular flexibility index (Phi) is 6.23. The van der Waals surface area contributed by atoms with Gasteiger partial charge in [0.25, 0.3) is 5.91 Å². The topological polar surface area (TPSA) is 47.6 Å². The van der Waals surface area contributed by atoms with Gasteiger partial charge in [0.2, 0.25) is 0 Å². The summed E-state index contributed by atoms with van der Waals surface area (Å²) in [6.07, 6.45) is 4.87. The molecule has 0 bridgehead atoms. The number of thioether (sulfide) groups is 1. The molecule has 3 rings (SSSR count). The summed E-state index contributed by atoms with van der Waals surface area (Å²) in [4.78, 5) is 13.6. The predicted molar refractivity (Wildman–Crippen MR) is 106 cm³/mol. The van der Waals surface area contributed by atoms with Gasteiger partial charge in [-0.3, -0.25) is 4.79 Å². The van der Waals surface area contributed by atoms with E-state index in [0.717, 1.165) is 17.7 Å². The molecule has 2 aromatic rings. The summed E-state index contributed by atoms with van der Waals surface area (Å²) in [5.74, 6) is 2.06. The molecule has 0 saturated heterocycles. The monoisotopic (exact) mass is 369 g/mol. The minimum atomic E-state index is -0.128. The van der Waals surface area contributed by atoms with Gasteiger partial charge in [-0.15, -0.1) is 11.8 Å². The van der Waals surface area contributed by atoms with Gasteiger partial charge in [0.1, 0.15) is 0 Å². The Hall–Kier alpha value is -2.40. The Labute approximate surface area is 158 Å². The van der Waals surface area contributed by atoms with E-state index < -0.39 is 0 Å². The molecule has 0 radical (unpaired) electrons. The maximum absolute atomic E-state index is 12.4. The molecule has 1 atom stereocenters. The highest BCUT2D eigenvalue weighted by atomic mass is 32.2. The molecule has 1 amide bonds. The standard InChI is InChI=1S/C21H23NO3S/c1-3-6-15-9-10-18(19(13-15)24-2)25-14-21(23)22-17-11-12-26-20-8-5-4-7-16(17)20/h3-10,13,17H,11-12,14H2,1-2H3,(H,22,23). The summed E-state index contributed by atoms with van der Waals surface area (Å²) in [5, 5.41) is 3.09. The number of hydrogen-bond donors (Lipinski definition) is 1. The van der Waals surface area contributed by atoms with Crippen molar-refractivity contribution < 1.29 is 14.3 Å². The molecule has 1 heterocycles. The van der Waals surface area contributed by atoms with E-state index in [4.69, 9.17) is 9.47 Å². The molecule has 0 aliphatic carbocycles. The summed E-state index contributed by atoms with van der Waals surface area (Å²) in [5.41, 5.74) is 2.21. The lowest BCUT2D eigenvalue weighted by Gasteiger charge is -2.25. The van der Waals surface area contributed by atoms with Crippen molar-refractivity contribution in [2.75, 3.05) is 19.5 Å². The number of fused-ring (bicyclic) bond motifs is 1. The van der Waals surface area contributed by atoms with Crippen LogP contribution in [0, 0.1) is 0 Å². The fraction of sp³-hybridized carbons (Fsp3) is 0.286. The van der Waals surface area contributed by atoms with Crippen molar-refractivity contribution in [3.63, 3.8) is 0 Å². The van der Waals surface area contributed by atoms with Crippen LogP contribution in [-0.4, -0.2) is 25.4 Å². The van der Waals surface area contributed by atoms with Crippen LogP contribution in [0.2, 0.25) is 0 Å². The first-order valence-corrected chi connectivity index (χ1v) is 9.64. The van der Waals surface area contributed by atoms with E-state index in [2.05, 4.69) is 17.4 Å². The average molecular weight is 369 g/mol. The van der Waals surface area contributed by atoms with Crippen molar-refractivity contribution in [2.24, 2.45) is 0 Å². The van der Waals surface area contributed by atoms with Crippen molar-refractivity contribution in [3.8, 4) is 11.5 Å². The third kappa shape index (κ3) is 4.41. The van der Waals surface area contributed by atoms with Crippen LogP contribution in [0.1, 0.15) is 30.5 Å². The van der Waals surface area contributed by atoms with Gasteiger partial charge in [-0.2, -0.15) is 0 Å². The SMILES string of the molecule is CC=Cc1ccc(OCC(=O)NC2CCSc3ccccc32)c(OC)c1. The van der Waals surface area contributed by atoms with Crippen LogP contribution >= 0.6 is 11.8 Å². The Bertz CT molecular complexity index is 804. The third-order valence-electron chi connectivity index (χ3n) is 4.20. The first-order valence-electron chi connectivity index (χ1n) is 8.66. The first kappa shape index (κ1) is 18.4. The number of ether oxygens (including phenoxy) is 2. The summed E-state index contributed by atoms with van der Waals surface area (Å²) in [7, 11) is 1.60. The normalized spacial score (nSPS) is 16.2. The molecule has 2 aromatic carbocycles. The van der Waals surface area contributed by atoms with Crippen molar-refractivity contribution in [3.05, 3.63) is 59.7 Å². The molecule has 1 aliphatic rings. The summed E-state index contributed by atoms with van der Waals surface area (Å²) >= 11 is 1.84. The number of amides is 1. The number of hydrogen-bond acceptors (Lipinski definition) is 4. The second kappa shape index (κ2) is 8.81. The molecule has 1 aliphatic heterocycles. The highest BCUT2D eigenvalue weighted by molar-refractivity contribution is 7.99. The number of nitrogens with one attached hydrogen (secondary N) is 1. The van der Waals surface area contributed by atoms with Gasteiger partial charge in [0.15, 0.2) is 18.1 Å². The van der Waals surface area contributed by atoms with Crippen molar-refractivity contribution in [1.29, 1.82) is 0 Å². The van der Waals surface area contributed by atoms with E-state index >= 15 is 0 Å². The van der Waals surface area contributed by atoms with Gasteiger partial charge in [-0.05, 0) is 42.7 Å². The number of methoxy groups -OCH3 is 1. The lowest BCUT2D eigenvalue weighted by Crippen LogP contribution is -2.34. The molecule has 0 saturated carbocycles. The van der Waals surface area contributed by atoms with E-state index in [1.54, 1.807) is 7.11 Å². The molecule has 1 N–H and O–H groups in total. The number of allylic oxidation sites excluding steroid dienone is 1. The van der Waals surface area contributed by atoms with Crippen LogP contribution in [0.15, 0.2) is 53.4 Å². The second-order valence-electron chi connectivity index (χ2n) is 5.99. The van der Waals surface area contributed by atoms with Gasteiger partial charge in [-0.25, -0.2) is 0 Å². The largest absolute Gasteiger partial charge is 0.493 e. The van der Waals surface area contributed by atoms with E-state index in [1.807, 2.05) is 61.2 Å². The van der Waals surface area contributed by atoms with Crippen LogP contribution in [0.5, 0.6) is 11.5 Å². The lowest BCUT2D eigenvalue weighted by molar-refractivity contribution is -0.123. The molecule has 4 nitrogen and oxygen atoms in total. The number of carbonyl (C=O) groups excluding carboxylic acids is 1. The summed E-state index contributed by atoms with van der Waals surface area (Å²) in [6, 6.07) is 13.9. The Morgan fingerprint density at radius 2 is 2.12 bits per heavy atom. The van der Waals surface area contributed by atoms with Crippen molar-refractivity contribution in [2.45, 2.75) is 24.3 Å². The molecule has 5 heteroatoms. The minimum absolute atomic E-state index is 0.0366. The number of carbonyl (C=O) groups is 1. The van der Waals surface area contributed by atoms with E-state index in [0.29, 0.717) is 11.5 Å². The van der Waals surface area contributed by atoms with E-state index in [9.17, 15) is 4.79 Å². The highest BCUT2D eigenvalue weighted by Crippen LogP contribution is 2.35. The van der Waals surface area contributed by atoms with Crippen LogP contribution in [0.4, 0.5) is 0 Å². The molecule has 0 spiro atoms. The van der Waals surface area contributed by atoms with Gasteiger partial charge >= 0.3 is 0 Å².